The van der Waals surface area contributed by atoms with Gasteiger partial charge < -0.3 is 14.6 Å². The first-order valence-corrected chi connectivity index (χ1v) is 5.78. The largest absolute Gasteiger partial charge is 0.455 e. The molecule has 0 amide bonds. The molecule has 1 aliphatic heterocycles. The molecule has 18 heavy (non-hydrogen) atoms. The Morgan fingerprint density at radius 2 is 2.22 bits per heavy atom. The summed E-state index contributed by atoms with van der Waals surface area (Å²) in [5.74, 6) is -0.547. The van der Waals surface area contributed by atoms with Crippen molar-refractivity contribution >= 4 is 11.8 Å². The number of carbonyl (C=O) groups excluding carboxylic acids is 2. The molecule has 0 unspecified atom stereocenters. The quantitative estimate of drug-likeness (QED) is 0.585. The van der Waals surface area contributed by atoms with Gasteiger partial charge in [0.25, 0.3) is 0 Å². The predicted octanol–water partition coefficient (Wildman–Crippen LogP) is 0.522. The summed E-state index contributed by atoms with van der Waals surface area (Å²) >= 11 is 0. The average Bonchev–Trinajstić information content (AvgIpc) is 2.98. The Morgan fingerprint density at radius 1 is 1.56 bits per heavy atom. The van der Waals surface area contributed by atoms with Gasteiger partial charge >= 0.3 is 5.97 Å². The molecule has 3 atom stereocenters. The van der Waals surface area contributed by atoms with E-state index in [1.807, 2.05) is 0 Å². The first-order chi connectivity index (χ1) is 8.28. The molecule has 0 bridgehead atoms. The lowest BCUT2D eigenvalue weighted by molar-refractivity contribution is -0.145. The molecule has 2 rings (SSSR count). The van der Waals surface area contributed by atoms with E-state index in [4.69, 9.17) is 9.47 Å². The molecule has 98 valence electrons. The Balaban J connectivity index is 2.17. The number of rotatable bonds is 3. The minimum Gasteiger partial charge on any atom is -0.455 e. The molecule has 0 saturated carbocycles. The molecule has 1 fully saturated rings. The van der Waals surface area contributed by atoms with Gasteiger partial charge in [0, 0.05) is 12.5 Å². The Labute approximate surface area is 105 Å². The molecule has 0 spiro atoms. The Hall–Kier alpha value is -1.46. The lowest BCUT2D eigenvalue weighted by Crippen LogP contribution is -2.30. The molecular formula is C13H16O5. The maximum Gasteiger partial charge on any atom is 0.303 e. The van der Waals surface area contributed by atoms with E-state index in [1.165, 1.54) is 19.1 Å². The number of esters is 1. The van der Waals surface area contributed by atoms with Crippen molar-refractivity contribution in [3.05, 3.63) is 23.8 Å². The molecule has 1 heterocycles. The van der Waals surface area contributed by atoms with Crippen molar-refractivity contribution in [2.75, 3.05) is 0 Å². The number of Topliss-reactive ketones (excluding diaryl/α,β-unsaturated/α-hetero) is 1. The normalized spacial score (nSPS) is 31.0. The van der Waals surface area contributed by atoms with Gasteiger partial charge in [-0.25, -0.2) is 0 Å². The van der Waals surface area contributed by atoms with Crippen LogP contribution in [0.5, 0.6) is 0 Å². The SMILES string of the molecule is CC(=O)O[C@@H]1C=C(/C=C/C(C)(C)O)C(=O)[C@H]2O[C@H]21. The van der Waals surface area contributed by atoms with Crippen molar-refractivity contribution in [2.45, 2.75) is 44.7 Å². The van der Waals surface area contributed by atoms with E-state index >= 15 is 0 Å². The third-order valence-corrected chi connectivity index (χ3v) is 2.71. The van der Waals surface area contributed by atoms with Crippen LogP contribution in [0.1, 0.15) is 20.8 Å². The summed E-state index contributed by atoms with van der Waals surface area (Å²) in [4.78, 5) is 22.8. The Morgan fingerprint density at radius 3 is 2.78 bits per heavy atom. The molecule has 0 aromatic carbocycles. The van der Waals surface area contributed by atoms with E-state index in [1.54, 1.807) is 19.9 Å². The van der Waals surface area contributed by atoms with Crippen molar-refractivity contribution in [3.8, 4) is 0 Å². The highest BCUT2D eigenvalue weighted by Gasteiger charge is 2.54. The second kappa shape index (κ2) is 4.33. The van der Waals surface area contributed by atoms with Gasteiger partial charge in [0.05, 0.1) is 5.60 Å². The molecule has 2 aliphatic rings. The molecule has 1 N–H and O–H groups in total. The van der Waals surface area contributed by atoms with Crippen LogP contribution in [0.25, 0.3) is 0 Å². The van der Waals surface area contributed by atoms with Crippen LogP contribution in [0, 0.1) is 0 Å². The fraction of sp³-hybridized carbons (Fsp3) is 0.538. The lowest BCUT2D eigenvalue weighted by atomic mass is 9.94. The monoisotopic (exact) mass is 252 g/mol. The number of epoxide rings is 1. The first kappa shape index (κ1) is 13.0. The molecule has 1 aliphatic carbocycles. The van der Waals surface area contributed by atoms with E-state index in [2.05, 4.69) is 0 Å². The van der Waals surface area contributed by atoms with Crippen molar-refractivity contribution < 1.29 is 24.2 Å². The Bertz CT molecular complexity index is 441. The third-order valence-electron chi connectivity index (χ3n) is 2.71. The number of aliphatic hydroxyl groups is 1. The van der Waals surface area contributed by atoms with Gasteiger partial charge in [-0.2, -0.15) is 0 Å². The van der Waals surface area contributed by atoms with E-state index in [0.717, 1.165) is 0 Å². The molecule has 5 nitrogen and oxygen atoms in total. The Kier molecular flexibility index (Phi) is 3.12. The number of ketones is 1. The van der Waals surface area contributed by atoms with Crippen molar-refractivity contribution in [1.82, 2.24) is 0 Å². The summed E-state index contributed by atoms with van der Waals surface area (Å²) in [7, 11) is 0. The van der Waals surface area contributed by atoms with Crippen LogP contribution in [0.15, 0.2) is 23.8 Å². The molecule has 0 aromatic heterocycles. The minimum absolute atomic E-state index is 0.135. The van der Waals surface area contributed by atoms with E-state index < -0.39 is 23.8 Å². The second-order valence-corrected chi connectivity index (χ2v) is 5.07. The highest BCUT2D eigenvalue weighted by molar-refractivity contribution is 6.04. The zero-order valence-electron chi connectivity index (χ0n) is 10.5. The van der Waals surface area contributed by atoms with Crippen LogP contribution in [0.4, 0.5) is 0 Å². The topological polar surface area (TPSA) is 76.1 Å². The van der Waals surface area contributed by atoms with Crippen LogP contribution in [-0.2, 0) is 19.1 Å². The van der Waals surface area contributed by atoms with E-state index in [9.17, 15) is 14.7 Å². The van der Waals surface area contributed by atoms with Crippen LogP contribution >= 0.6 is 0 Å². The highest BCUT2D eigenvalue weighted by Crippen LogP contribution is 2.36. The van der Waals surface area contributed by atoms with Crippen molar-refractivity contribution in [2.24, 2.45) is 0 Å². The van der Waals surface area contributed by atoms with Gasteiger partial charge in [-0.05, 0) is 19.9 Å². The predicted molar refractivity (Wildman–Crippen MR) is 62.7 cm³/mol. The number of hydrogen-bond donors (Lipinski definition) is 1. The maximum absolute atomic E-state index is 11.8. The third kappa shape index (κ3) is 2.86. The summed E-state index contributed by atoms with van der Waals surface area (Å²) in [6.45, 7) is 4.53. The standard InChI is InChI=1S/C13H16O5/c1-7(14)17-9-6-8(4-5-13(2,3)16)10(15)12-11(9)18-12/h4-6,9,11-12,16H,1-3H3/b5-4+/t9-,11+,12-/m1/s1. The molecule has 0 radical (unpaired) electrons. The number of carbonyl (C=O) groups is 2. The van der Waals surface area contributed by atoms with E-state index in [0.29, 0.717) is 5.57 Å². The van der Waals surface area contributed by atoms with Crippen LogP contribution in [0.3, 0.4) is 0 Å². The zero-order valence-corrected chi connectivity index (χ0v) is 10.5. The number of fused-ring (bicyclic) bond motifs is 1. The van der Waals surface area contributed by atoms with Gasteiger partial charge in [0.1, 0.15) is 6.10 Å². The number of ether oxygens (including phenoxy) is 2. The van der Waals surface area contributed by atoms with Crippen molar-refractivity contribution in [3.63, 3.8) is 0 Å². The summed E-state index contributed by atoms with van der Waals surface area (Å²) in [5.41, 5.74) is -0.596. The molecular weight excluding hydrogens is 236 g/mol. The maximum atomic E-state index is 11.8. The first-order valence-electron chi connectivity index (χ1n) is 5.78. The molecule has 1 saturated heterocycles. The molecule has 5 heteroatoms. The highest BCUT2D eigenvalue weighted by atomic mass is 16.6. The second-order valence-electron chi connectivity index (χ2n) is 5.07. The fourth-order valence-electron chi connectivity index (χ4n) is 1.83. The summed E-state index contributed by atoms with van der Waals surface area (Å²) in [6.07, 6.45) is 3.24. The number of hydrogen-bond acceptors (Lipinski definition) is 5. The minimum atomic E-state index is -1.00. The molecule has 0 aromatic rings. The fourth-order valence-corrected chi connectivity index (χ4v) is 1.83. The number of allylic oxidation sites excluding steroid dienone is 1. The smallest absolute Gasteiger partial charge is 0.303 e. The van der Waals surface area contributed by atoms with Gasteiger partial charge in [-0.1, -0.05) is 12.2 Å². The van der Waals surface area contributed by atoms with Crippen LogP contribution < -0.4 is 0 Å². The summed E-state index contributed by atoms with van der Waals surface area (Å²) in [5, 5.41) is 9.58. The van der Waals surface area contributed by atoms with Crippen LogP contribution in [0.2, 0.25) is 0 Å². The lowest BCUT2D eigenvalue weighted by Gasteiger charge is -2.16. The van der Waals surface area contributed by atoms with Crippen molar-refractivity contribution in [1.29, 1.82) is 0 Å². The van der Waals surface area contributed by atoms with Gasteiger partial charge in [0.2, 0.25) is 0 Å². The van der Waals surface area contributed by atoms with Gasteiger partial charge in [-0.3, -0.25) is 9.59 Å². The van der Waals surface area contributed by atoms with Gasteiger partial charge in [-0.15, -0.1) is 0 Å². The van der Waals surface area contributed by atoms with E-state index in [-0.39, 0.29) is 11.9 Å². The summed E-state index contributed by atoms with van der Waals surface area (Å²) < 4.78 is 10.3. The summed E-state index contributed by atoms with van der Waals surface area (Å²) in [6, 6.07) is 0. The zero-order chi connectivity index (χ0) is 13.5. The van der Waals surface area contributed by atoms with Crippen LogP contribution in [-0.4, -0.2) is 40.8 Å². The van der Waals surface area contributed by atoms with Gasteiger partial charge in [0.15, 0.2) is 18.0 Å². The average molecular weight is 252 g/mol.